The van der Waals surface area contributed by atoms with E-state index in [0.29, 0.717) is 31.0 Å². The minimum Gasteiger partial charge on any atom is -0.393 e. The van der Waals surface area contributed by atoms with Crippen molar-refractivity contribution in [1.29, 1.82) is 0 Å². The average Bonchev–Trinajstić information content (AvgIpc) is 2.86. The Labute approximate surface area is 138 Å². The van der Waals surface area contributed by atoms with Crippen LogP contribution in [0.15, 0.2) is 23.3 Å². The van der Waals surface area contributed by atoms with E-state index in [9.17, 15) is 14.7 Å². The predicted octanol–water partition coefficient (Wildman–Crippen LogP) is 3.76. The van der Waals surface area contributed by atoms with Crippen molar-refractivity contribution >= 4 is 11.6 Å². The number of rotatable bonds is 2. The van der Waals surface area contributed by atoms with E-state index in [2.05, 4.69) is 13.0 Å². The fourth-order valence-electron chi connectivity index (χ4n) is 5.20. The number of allylic oxidation sites excluding steroid dienone is 3. The molecule has 0 aromatic rings. The van der Waals surface area contributed by atoms with E-state index < -0.39 is 0 Å². The lowest BCUT2D eigenvalue weighted by Crippen LogP contribution is -2.36. The molecule has 126 valence electrons. The Hall–Kier alpha value is -1.22. The van der Waals surface area contributed by atoms with Crippen LogP contribution < -0.4 is 0 Å². The van der Waals surface area contributed by atoms with Crippen molar-refractivity contribution in [2.75, 3.05) is 0 Å². The van der Waals surface area contributed by atoms with Gasteiger partial charge < -0.3 is 5.11 Å². The molecule has 0 radical (unpaired) electrons. The third-order valence-electron chi connectivity index (χ3n) is 6.47. The average molecular weight is 316 g/mol. The van der Waals surface area contributed by atoms with E-state index in [4.69, 9.17) is 0 Å². The van der Waals surface area contributed by atoms with Crippen molar-refractivity contribution in [3.63, 3.8) is 0 Å². The molecular weight excluding hydrogens is 288 g/mol. The van der Waals surface area contributed by atoms with Gasteiger partial charge in [0.2, 0.25) is 0 Å². The van der Waals surface area contributed by atoms with Gasteiger partial charge in [0.1, 0.15) is 5.78 Å². The van der Waals surface area contributed by atoms with Crippen molar-refractivity contribution in [3.05, 3.63) is 23.3 Å². The van der Waals surface area contributed by atoms with Crippen molar-refractivity contribution in [3.8, 4) is 0 Å². The van der Waals surface area contributed by atoms with Crippen molar-refractivity contribution in [1.82, 2.24) is 0 Å². The van der Waals surface area contributed by atoms with Gasteiger partial charge in [-0.3, -0.25) is 9.59 Å². The van der Waals surface area contributed by atoms with Crippen LogP contribution in [0, 0.1) is 17.3 Å². The lowest BCUT2D eigenvalue weighted by Gasteiger charge is -2.41. The van der Waals surface area contributed by atoms with Gasteiger partial charge in [0, 0.05) is 18.8 Å². The molecular formula is C20H28O3. The normalized spacial score (nSPS) is 41.3. The van der Waals surface area contributed by atoms with E-state index in [0.717, 1.165) is 37.7 Å². The number of ketones is 2. The number of aliphatic hydroxyl groups is 1. The van der Waals surface area contributed by atoms with Crippen molar-refractivity contribution in [2.45, 2.75) is 71.3 Å². The smallest absolute Gasteiger partial charge is 0.159 e. The predicted molar refractivity (Wildman–Crippen MR) is 89.9 cm³/mol. The van der Waals surface area contributed by atoms with Crippen LogP contribution in [-0.4, -0.2) is 22.8 Å². The second kappa shape index (κ2) is 6.35. The third kappa shape index (κ3) is 3.08. The Bertz CT molecular complexity index is 571. The summed E-state index contributed by atoms with van der Waals surface area (Å²) in [7, 11) is 0. The summed E-state index contributed by atoms with van der Waals surface area (Å²) in [6, 6.07) is 0. The number of aliphatic hydroxyl groups excluding tert-OH is 1. The Morgan fingerprint density at radius 1 is 1.22 bits per heavy atom. The van der Waals surface area contributed by atoms with E-state index >= 15 is 0 Å². The fraction of sp³-hybridized carbons (Fsp3) is 0.700. The summed E-state index contributed by atoms with van der Waals surface area (Å²) >= 11 is 0. The number of Topliss-reactive ketones (excluding diaryl/α,β-unsaturated/α-hetero) is 2. The molecule has 0 saturated heterocycles. The van der Waals surface area contributed by atoms with Gasteiger partial charge in [0.25, 0.3) is 0 Å². The molecule has 0 aromatic carbocycles. The lowest BCUT2D eigenvalue weighted by molar-refractivity contribution is -0.124. The molecule has 4 atom stereocenters. The van der Waals surface area contributed by atoms with Crippen LogP contribution in [-0.2, 0) is 9.59 Å². The maximum atomic E-state index is 12.0. The van der Waals surface area contributed by atoms with E-state index in [1.807, 2.05) is 6.08 Å². The Balaban J connectivity index is 1.83. The zero-order chi connectivity index (χ0) is 16.6. The first kappa shape index (κ1) is 16.6. The van der Waals surface area contributed by atoms with Gasteiger partial charge in [-0.2, -0.15) is 0 Å². The number of hydrogen-bond acceptors (Lipinski definition) is 3. The van der Waals surface area contributed by atoms with Gasteiger partial charge in [0.15, 0.2) is 5.78 Å². The summed E-state index contributed by atoms with van der Waals surface area (Å²) in [4.78, 5) is 24.0. The van der Waals surface area contributed by atoms with Crippen LogP contribution in [0.5, 0.6) is 0 Å². The summed E-state index contributed by atoms with van der Waals surface area (Å²) in [6.45, 7) is 4.02. The third-order valence-corrected chi connectivity index (χ3v) is 6.47. The number of carbonyl (C=O) groups is 2. The summed E-state index contributed by atoms with van der Waals surface area (Å²) in [5, 5.41) is 9.77. The molecule has 4 unspecified atom stereocenters. The highest BCUT2D eigenvalue weighted by atomic mass is 16.3. The zero-order valence-corrected chi connectivity index (χ0v) is 14.3. The first-order valence-corrected chi connectivity index (χ1v) is 9.03. The molecule has 1 N–H and O–H groups in total. The van der Waals surface area contributed by atoms with Crippen molar-refractivity contribution in [2.24, 2.45) is 17.3 Å². The molecule has 3 aliphatic rings. The van der Waals surface area contributed by atoms with Crippen LogP contribution in [0.3, 0.4) is 0 Å². The highest BCUT2D eigenvalue weighted by Gasteiger charge is 2.50. The molecule has 0 aromatic heterocycles. The Morgan fingerprint density at radius 3 is 2.74 bits per heavy atom. The standard InChI is InChI=1S/C20H28O3/c1-13(21)17-8-9-18-14(4-3-11-20(17,18)2)5-6-15-12-16(22)7-10-19(15)23/h5-6,16-18,22H,3-4,7-12H2,1-2H3. The molecule has 0 spiro atoms. The quantitative estimate of drug-likeness (QED) is 0.789. The monoisotopic (exact) mass is 316 g/mol. The Kier molecular flexibility index (Phi) is 4.59. The van der Waals surface area contributed by atoms with Crippen LogP contribution in [0.4, 0.5) is 0 Å². The first-order chi connectivity index (χ1) is 10.9. The largest absolute Gasteiger partial charge is 0.393 e. The molecule has 0 bridgehead atoms. The second-order valence-corrected chi connectivity index (χ2v) is 7.91. The second-order valence-electron chi connectivity index (χ2n) is 7.91. The van der Waals surface area contributed by atoms with Gasteiger partial charge in [-0.1, -0.05) is 24.6 Å². The molecule has 3 saturated carbocycles. The van der Waals surface area contributed by atoms with Crippen molar-refractivity contribution < 1.29 is 14.7 Å². The minimum absolute atomic E-state index is 0.102. The SMILES string of the molecule is CC(=O)C1CCC2C(=CC=C3CC(O)CCC3=O)CCCC12C. The summed E-state index contributed by atoms with van der Waals surface area (Å²) in [5.74, 6) is 1.19. The topological polar surface area (TPSA) is 54.4 Å². The van der Waals surface area contributed by atoms with Gasteiger partial charge in [-0.25, -0.2) is 0 Å². The van der Waals surface area contributed by atoms with Gasteiger partial charge >= 0.3 is 0 Å². The van der Waals surface area contributed by atoms with Crippen LogP contribution in [0.25, 0.3) is 0 Å². The number of fused-ring (bicyclic) bond motifs is 1. The lowest BCUT2D eigenvalue weighted by atomic mass is 9.63. The molecule has 23 heavy (non-hydrogen) atoms. The molecule has 0 amide bonds. The van der Waals surface area contributed by atoms with E-state index in [1.54, 1.807) is 6.92 Å². The Morgan fingerprint density at radius 2 is 2.00 bits per heavy atom. The summed E-state index contributed by atoms with van der Waals surface area (Å²) in [5.41, 5.74) is 2.28. The molecule has 3 heteroatoms. The highest BCUT2D eigenvalue weighted by molar-refractivity contribution is 5.96. The zero-order valence-electron chi connectivity index (χ0n) is 14.3. The molecule has 3 aliphatic carbocycles. The minimum atomic E-state index is -0.373. The highest BCUT2D eigenvalue weighted by Crippen LogP contribution is 2.57. The van der Waals surface area contributed by atoms with Crippen LogP contribution in [0.1, 0.15) is 65.2 Å². The van der Waals surface area contributed by atoms with Crippen LogP contribution >= 0.6 is 0 Å². The molecule has 3 nitrogen and oxygen atoms in total. The molecule has 3 rings (SSSR count). The molecule has 0 heterocycles. The maximum Gasteiger partial charge on any atom is 0.159 e. The summed E-state index contributed by atoms with van der Waals surface area (Å²) < 4.78 is 0. The maximum absolute atomic E-state index is 12.0. The van der Waals surface area contributed by atoms with Gasteiger partial charge in [-0.05, 0) is 62.4 Å². The fourth-order valence-corrected chi connectivity index (χ4v) is 5.20. The molecule has 3 fully saturated rings. The first-order valence-electron chi connectivity index (χ1n) is 9.03. The van der Waals surface area contributed by atoms with Gasteiger partial charge in [0.05, 0.1) is 6.10 Å². The van der Waals surface area contributed by atoms with Crippen LogP contribution in [0.2, 0.25) is 0 Å². The molecule has 0 aliphatic heterocycles. The number of hydrogen-bond donors (Lipinski definition) is 1. The van der Waals surface area contributed by atoms with E-state index in [1.165, 1.54) is 5.57 Å². The van der Waals surface area contributed by atoms with Gasteiger partial charge in [-0.15, -0.1) is 0 Å². The number of carbonyl (C=O) groups excluding carboxylic acids is 2. The van der Waals surface area contributed by atoms with E-state index in [-0.39, 0.29) is 23.2 Å². The summed E-state index contributed by atoms with van der Waals surface area (Å²) in [6.07, 6.45) is 10.7.